The highest BCUT2D eigenvalue weighted by atomic mass is 35.5. The molecule has 2 aromatic carbocycles. The number of aryl methyl sites for hydroxylation is 1. The summed E-state index contributed by atoms with van der Waals surface area (Å²) >= 11 is 6.15. The van der Waals surface area contributed by atoms with Crippen molar-refractivity contribution in [3.63, 3.8) is 0 Å². The highest BCUT2D eigenvalue weighted by molar-refractivity contribution is 6.31. The lowest BCUT2D eigenvalue weighted by Crippen LogP contribution is -2.00. The molecule has 0 fully saturated rings. The molecule has 0 bridgehead atoms. The number of hydrogen-bond acceptors (Lipinski definition) is 4. The zero-order valence-electron chi connectivity index (χ0n) is 10.8. The van der Waals surface area contributed by atoms with E-state index in [1.807, 2.05) is 49.4 Å². The minimum atomic E-state index is 0.643. The van der Waals surface area contributed by atoms with Gasteiger partial charge in [0.15, 0.2) is 5.82 Å². The Kier molecular flexibility index (Phi) is 3.12. The van der Waals surface area contributed by atoms with Gasteiger partial charge in [-0.3, -0.25) is 0 Å². The zero-order chi connectivity index (χ0) is 14.1. The zero-order valence-corrected chi connectivity index (χ0v) is 11.5. The quantitative estimate of drug-likeness (QED) is 0.735. The Hall–Kier alpha value is -2.40. The van der Waals surface area contributed by atoms with Crippen molar-refractivity contribution in [2.24, 2.45) is 0 Å². The monoisotopic (exact) mass is 285 g/mol. The lowest BCUT2D eigenvalue weighted by Gasteiger charge is -2.06. The molecule has 20 heavy (non-hydrogen) atoms. The number of nitrogen functional groups attached to an aromatic ring is 1. The summed E-state index contributed by atoms with van der Waals surface area (Å²) in [6.45, 7) is 1.95. The standard InChI is InChI=1S/C14H12ClN5/c1-9-2-7-12(8-13(9)15)20-14(17-18-19-20)10-3-5-11(16)6-4-10/h2-8H,16H2,1H3. The average Bonchev–Trinajstić information content (AvgIpc) is 2.92. The number of tetrazole rings is 1. The molecule has 1 aromatic heterocycles. The third-order valence-electron chi connectivity index (χ3n) is 3.04. The lowest BCUT2D eigenvalue weighted by atomic mass is 10.2. The van der Waals surface area contributed by atoms with E-state index in [1.165, 1.54) is 0 Å². The normalized spacial score (nSPS) is 10.7. The first kappa shape index (κ1) is 12.6. The van der Waals surface area contributed by atoms with Gasteiger partial charge in [-0.2, -0.15) is 4.68 Å². The second kappa shape index (κ2) is 4.94. The van der Waals surface area contributed by atoms with E-state index in [4.69, 9.17) is 17.3 Å². The van der Waals surface area contributed by atoms with Crippen LogP contribution in [0.25, 0.3) is 17.1 Å². The number of nitrogens with two attached hydrogens (primary N) is 1. The molecule has 6 heteroatoms. The third kappa shape index (κ3) is 2.23. The van der Waals surface area contributed by atoms with Gasteiger partial charge in [0.2, 0.25) is 0 Å². The van der Waals surface area contributed by atoms with Gasteiger partial charge in [-0.05, 0) is 59.3 Å². The molecule has 0 spiro atoms. The molecule has 0 aliphatic carbocycles. The molecule has 3 rings (SSSR count). The number of benzene rings is 2. The van der Waals surface area contributed by atoms with Gasteiger partial charge >= 0.3 is 0 Å². The molecule has 0 saturated carbocycles. The van der Waals surface area contributed by atoms with Crippen LogP contribution in [0.3, 0.4) is 0 Å². The van der Waals surface area contributed by atoms with Gasteiger partial charge in [-0.15, -0.1) is 5.10 Å². The molecule has 5 nitrogen and oxygen atoms in total. The maximum atomic E-state index is 6.15. The highest BCUT2D eigenvalue weighted by Crippen LogP contribution is 2.23. The Bertz CT molecular complexity index is 749. The summed E-state index contributed by atoms with van der Waals surface area (Å²) in [5.74, 6) is 0.643. The van der Waals surface area contributed by atoms with Gasteiger partial charge in [0.25, 0.3) is 0 Å². The van der Waals surface area contributed by atoms with E-state index in [1.54, 1.807) is 4.68 Å². The fourth-order valence-corrected chi connectivity index (χ4v) is 2.06. The Morgan fingerprint density at radius 3 is 2.55 bits per heavy atom. The van der Waals surface area contributed by atoms with Crippen LogP contribution < -0.4 is 5.73 Å². The smallest absolute Gasteiger partial charge is 0.187 e. The maximum Gasteiger partial charge on any atom is 0.187 e. The first-order valence-electron chi connectivity index (χ1n) is 6.06. The Morgan fingerprint density at radius 1 is 1.10 bits per heavy atom. The number of nitrogens with zero attached hydrogens (tertiary/aromatic N) is 4. The van der Waals surface area contributed by atoms with E-state index < -0.39 is 0 Å². The van der Waals surface area contributed by atoms with Gasteiger partial charge in [0, 0.05) is 16.3 Å². The van der Waals surface area contributed by atoms with E-state index in [9.17, 15) is 0 Å². The average molecular weight is 286 g/mol. The molecule has 0 aliphatic rings. The molecular formula is C14H12ClN5. The van der Waals surface area contributed by atoms with Gasteiger partial charge in [0.1, 0.15) is 0 Å². The second-order valence-corrected chi connectivity index (χ2v) is 4.88. The SMILES string of the molecule is Cc1ccc(-n2nnnc2-c2ccc(N)cc2)cc1Cl. The molecular weight excluding hydrogens is 274 g/mol. The molecule has 0 unspecified atom stereocenters. The molecule has 2 N–H and O–H groups in total. The Balaban J connectivity index is 2.10. The summed E-state index contributed by atoms with van der Waals surface area (Å²) in [5.41, 5.74) is 9.11. The van der Waals surface area contributed by atoms with E-state index in [-0.39, 0.29) is 0 Å². The van der Waals surface area contributed by atoms with Crippen LogP contribution in [0.15, 0.2) is 42.5 Å². The van der Waals surface area contributed by atoms with Gasteiger partial charge < -0.3 is 5.73 Å². The van der Waals surface area contributed by atoms with Gasteiger partial charge in [0.05, 0.1) is 5.69 Å². The van der Waals surface area contributed by atoms with Crippen molar-refractivity contribution in [1.29, 1.82) is 0 Å². The minimum absolute atomic E-state index is 0.643. The Labute approximate surface area is 121 Å². The van der Waals surface area contributed by atoms with Crippen molar-refractivity contribution >= 4 is 17.3 Å². The fraction of sp³-hybridized carbons (Fsp3) is 0.0714. The summed E-state index contributed by atoms with van der Waals surface area (Å²) in [6.07, 6.45) is 0. The molecule has 1 heterocycles. The number of rotatable bonds is 2. The van der Waals surface area contributed by atoms with Crippen molar-refractivity contribution in [2.75, 3.05) is 5.73 Å². The summed E-state index contributed by atoms with van der Waals surface area (Å²) in [6, 6.07) is 13.1. The number of hydrogen-bond donors (Lipinski definition) is 1. The van der Waals surface area contributed by atoms with Crippen molar-refractivity contribution in [1.82, 2.24) is 20.2 Å². The van der Waals surface area contributed by atoms with Crippen LogP contribution in [0.1, 0.15) is 5.56 Å². The van der Waals surface area contributed by atoms with E-state index >= 15 is 0 Å². The molecule has 0 radical (unpaired) electrons. The van der Waals surface area contributed by atoms with Crippen LogP contribution in [-0.4, -0.2) is 20.2 Å². The topological polar surface area (TPSA) is 69.6 Å². The van der Waals surface area contributed by atoms with Crippen molar-refractivity contribution in [3.8, 4) is 17.1 Å². The first-order chi connectivity index (χ1) is 9.65. The highest BCUT2D eigenvalue weighted by Gasteiger charge is 2.11. The van der Waals surface area contributed by atoms with Crippen LogP contribution >= 0.6 is 11.6 Å². The largest absolute Gasteiger partial charge is 0.399 e. The Morgan fingerprint density at radius 2 is 1.85 bits per heavy atom. The van der Waals surface area contributed by atoms with Crippen LogP contribution in [-0.2, 0) is 0 Å². The van der Waals surface area contributed by atoms with Crippen LogP contribution in [0.4, 0.5) is 5.69 Å². The third-order valence-corrected chi connectivity index (χ3v) is 3.45. The van der Waals surface area contributed by atoms with Gasteiger partial charge in [-0.1, -0.05) is 17.7 Å². The van der Waals surface area contributed by atoms with Crippen molar-refractivity contribution < 1.29 is 0 Å². The van der Waals surface area contributed by atoms with Crippen LogP contribution in [0, 0.1) is 6.92 Å². The molecule has 0 atom stereocenters. The molecule has 3 aromatic rings. The summed E-state index contributed by atoms with van der Waals surface area (Å²) in [4.78, 5) is 0. The second-order valence-electron chi connectivity index (χ2n) is 4.47. The van der Waals surface area contributed by atoms with Crippen LogP contribution in [0.5, 0.6) is 0 Å². The molecule has 0 aliphatic heterocycles. The van der Waals surface area contributed by atoms with E-state index in [0.717, 1.165) is 16.8 Å². The van der Waals surface area contributed by atoms with E-state index in [0.29, 0.717) is 16.5 Å². The summed E-state index contributed by atoms with van der Waals surface area (Å²) in [5, 5.41) is 12.5. The fourth-order valence-electron chi connectivity index (χ4n) is 1.89. The minimum Gasteiger partial charge on any atom is -0.399 e. The van der Waals surface area contributed by atoms with Crippen LogP contribution in [0.2, 0.25) is 5.02 Å². The summed E-state index contributed by atoms with van der Waals surface area (Å²) < 4.78 is 1.65. The van der Waals surface area contributed by atoms with E-state index in [2.05, 4.69) is 15.5 Å². The number of anilines is 1. The first-order valence-corrected chi connectivity index (χ1v) is 6.44. The summed E-state index contributed by atoms with van der Waals surface area (Å²) in [7, 11) is 0. The maximum absolute atomic E-state index is 6.15. The van der Waals surface area contributed by atoms with Crippen molar-refractivity contribution in [3.05, 3.63) is 53.1 Å². The lowest BCUT2D eigenvalue weighted by molar-refractivity contribution is 0.791. The predicted molar refractivity (Wildman–Crippen MR) is 78.7 cm³/mol. The predicted octanol–water partition coefficient (Wildman–Crippen LogP) is 2.87. The molecule has 0 saturated heterocycles. The molecule has 100 valence electrons. The molecule has 0 amide bonds. The number of aromatic nitrogens is 4. The van der Waals surface area contributed by atoms with Crippen molar-refractivity contribution in [2.45, 2.75) is 6.92 Å². The van der Waals surface area contributed by atoms with Gasteiger partial charge in [-0.25, -0.2) is 0 Å². The number of halogens is 1.